The highest BCUT2D eigenvalue weighted by Crippen LogP contribution is 2.23. The number of nitrogens with zero attached hydrogens (tertiary/aromatic N) is 1. The third-order valence-corrected chi connectivity index (χ3v) is 4.62. The van der Waals surface area contributed by atoms with Crippen molar-refractivity contribution in [2.75, 3.05) is 11.9 Å². The molecule has 0 bridgehead atoms. The maximum Gasteiger partial charge on any atom is 0.313 e. The van der Waals surface area contributed by atoms with E-state index < -0.39 is 11.8 Å². The Kier molecular flexibility index (Phi) is 4.62. The molecule has 2 aromatic rings. The van der Waals surface area contributed by atoms with Crippen molar-refractivity contribution in [3.05, 3.63) is 65.2 Å². The van der Waals surface area contributed by atoms with Crippen molar-refractivity contribution in [3.63, 3.8) is 0 Å². The molecule has 0 atom stereocenters. The molecule has 0 radical (unpaired) electrons. The minimum Gasteiger partial charge on any atom is -0.330 e. The maximum atomic E-state index is 12.5. The second-order valence-electron chi connectivity index (χ2n) is 7.53. The molecule has 1 heterocycles. The average molecular weight is 336 g/mol. The molecule has 3 rings (SSSR count). The largest absolute Gasteiger partial charge is 0.330 e. The molecule has 2 aromatic carbocycles. The lowest BCUT2D eigenvalue weighted by atomic mass is 9.87. The lowest BCUT2D eigenvalue weighted by Crippen LogP contribution is -2.42. The van der Waals surface area contributed by atoms with Crippen molar-refractivity contribution in [1.82, 2.24) is 4.90 Å². The molecule has 0 spiro atoms. The highest BCUT2D eigenvalue weighted by atomic mass is 16.2. The topological polar surface area (TPSA) is 49.4 Å². The van der Waals surface area contributed by atoms with Gasteiger partial charge in [0.05, 0.1) is 0 Å². The van der Waals surface area contributed by atoms with E-state index >= 15 is 0 Å². The molecule has 1 aliphatic rings. The Morgan fingerprint density at radius 1 is 0.960 bits per heavy atom. The minimum absolute atomic E-state index is 0.0551. The van der Waals surface area contributed by atoms with Gasteiger partial charge in [-0.05, 0) is 40.7 Å². The fourth-order valence-corrected chi connectivity index (χ4v) is 3.05. The van der Waals surface area contributed by atoms with Crippen LogP contribution in [0.2, 0.25) is 0 Å². The molecule has 25 heavy (non-hydrogen) atoms. The van der Waals surface area contributed by atoms with Gasteiger partial charge in [-0.1, -0.05) is 57.2 Å². The summed E-state index contributed by atoms with van der Waals surface area (Å²) in [6, 6.07) is 15.7. The second-order valence-corrected chi connectivity index (χ2v) is 7.53. The molecule has 0 unspecified atom stereocenters. The van der Waals surface area contributed by atoms with Crippen molar-refractivity contribution in [2.45, 2.75) is 39.2 Å². The van der Waals surface area contributed by atoms with E-state index in [1.54, 1.807) is 4.90 Å². The molecule has 0 aromatic heterocycles. The summed E-state index contributed by atoms with van der Waals surface area (Å²) < 4.78 is 0. The number of fused-ring (bicyclic) bond motifs is 1. The smallest absolute Gasteiger partial charge is 0.313 e. The predicted octanol–water partition coefficient (Wildman–Crippen LogP) is 3.51. The fourth-order valence-electron chi connectivity index (χ4n) is 3.05. The number of benzene rings is 2. The molecule has 4 heteroatoms. The fraction of sp³-hybridized carbons (Fsp3) is 0.333. The van der Waals surface area contributed by atoms with Gasteiger partial charge >= 0.3 is 11.8 Å². The van der Waals surface area contributed by atoms with E-state index in [0.29, 0.717) is 18.8 Å². The van der Waals surface area contributed by atoms with Crippen LogP contribution in [0.3, 0.4) is 0 Å². The molecule has 1 N–H and O–H groups in total. The number of hydrogen-bond acceptors (Lipinski definition) is 2. The first-order chi connectivity index (χ1) is 11.8. The van der Waals surface area contributed by atoms with Crippen LogP contribution in [0.5, 0.6) is 0 Å². The molecular formula is C21H24N2O2. The van der Waals surface area contributed by atoms with Crippen LogP contribution in [0.25, 0.3) is 0 Å². The second kappa shape index (κ2) is 6.71. The number of hydrogen-bond donors (Lipinski definition) is 1. The Hall–Kier alpha value is -2.62. The van der Waals surface area contributed by atoms with Crippen molar-refractivity contribution in [1.29, 1.82) is 0 Å². The van der Waals surface area contributed by atoms with Gasteiger partial charge in [0.15, 0.2) is 0 Å². The summed E-state index contributed by atoms with van der Waals surface area (Å²) in [4.78, 5) is 26.4. The summed E-state index contributed by atoms with van der Waals surface area (Å²) in [7, 11) is 0. The molecule has 130 valence electrons. The van der Waals surface area contributed by atoms with Crippen LogP contribution in [0.1, 0.15) is 37.5 Å². The summed E-state index contributed by atoms with van der Waals surface area (Å²) in [5.41, 5.74) is 4.25. The van der Waals surface area contributed by atoms with Gasteiger partial charge in [0.25, 0.3) is 0 Å². The van der Waals surface area contributed by atoms with E-state index in [9.17, 15) is 9.59 Å². The van der Waals surface area contributed by atoms with E-state index in [-0.39, 0.29) is 5.41 Å². The maximum absolute atomic E-state index is 12.5. The third kappa shape index (κ3) is 3.90. The lowest BCUT2D eigenvalue weighted by molar-refractivity contribution is -0.143. The SMILES string of the molecule is CC(C)(C)c1ccc(NC(=O)C(=O)N2CCc3ccccc3C2)cc1. The van der Waals surface area contributed by atoms with Crippen LogP contribution in [-0.2, 0) is 28.0 Å². The summed E-state index contributed by atoms with van der Waals surface area (Å²) in [5, 5.41) is 2.71. The van der Waals surface area contributed by atoms with Crippen molar-refractivity contribution in [2.24, 2.45) is 0 Å². The molecule has 0 fully saturated rings. The number of carbonyl (C=O) groups excluding carboxylic acids is 2. The lowest BCUT2D eigenvalue weighted by Gasteiger charge is -2.28. The van der Waals surface area contributed by atoms with Gasteiger partial charge in [-0.25, -0.2) is 0 Å². The van der Waals surface area contributed by atoms with Gasteiger partial charge in [-0.15, -0.1) is 0 Å². The van der Waals surface area contributed by atoms with E-state index in [4.69, 9.17) is 0 Å². The molecule has 2 amide bonds. The quantitative estimate of drug-likeness (QED) is 0.810. The van der Waals surface area contributed by atoms with E-state index in [1.165, 1.54) is 11.1 Å². The highest BCUT2D eigenvalue weighted by Gasteiger charge is 2.25. The zero-order valence-electron chi connectivity index (χ0n) is 15.0. The molecule has 1 aliphatic heterocycles. The summed E-state index contributed by atoms with van der Waals surface area (Å²) in [6.07, 6.45) is 0.787. The normalized spacial score (nSPS) is 14.0. The predicted molar refractivity (Wildman–Crippen MR) is 99.3 cm³/mol. The summed E-state index contributed by atoms with van der Waals surface area (Å²) >= 11 is 0. The van der Waals surface area contributed by atoms with E-state index in [0.717, 1.165) is 12.0 Å². The van der Waals surface area contributed by atoms with Gasteiger partial charge < -0.3 is 10.2 Å². The zero-order valence-corrected chi connectivity index (χ0v) is 15.0. The summed E-state index contributed by atoms with van der Waals surface area (Å²) in [6.45, 7) is 7.48. The number of nitrogens with one attached hydrogen (secondary N) is 1. The van der Waals surface area contributed by atoms with Crippen LogP contribution in [0, 0.1) is 0 Å². The number of anilines is 1. The van der Waals surface area contributed by atoms with Crippen molar-refractivity contribution >= 4 is 17.5 Å². The first-order valence-electron chi connectivity index (χ1n) is 8.62. The Morgan fingerprint density at radius 2 is 1.60 bits per heavy atom. The van der Waals surface area contributed by atoms with Crippen LogP contribution >= 0.6 is 0 Å². The highest BCUT2D eigenvalue weighted by molar-refractivity contribution is 6.39. The molecule has 0 aliphatic carbocycles. The average Bonchev–Trinajstić information content (AvgIpc) is 2.60. The zero-order chi connectivity index (χ0) is 18.0. The van der Waals surface area contributed by atoms with E-state index in [2.05, 4.69) is 32.2 Å². The van der Waals surface area contributed by atoms with Gasteiger partial charge in [0.2, 0.25) is 0 Å². The molecule has 4 nitrogen and oxygen atoms in total. The Balaban J connectivity index is 1.65. The Morgan fingerprint density at radius 3 is 2.24 bits per heavy atom. The standard InChI is InChI=1S/C21H24N2O2/c1-21(2,3)17-8-10-18(11-9-17)22-19(24)20(25)23-13-12-15-6-4-5-7-16(15)14-23/h4-11H,12-14H2,1-3H3,(H,22,24). The van der Waals surface area contributed by atoms with Crippen LogP contribution < -0.4 is 5.32 Å². The number of amides is 2. The van der Waals surface area contributed by atoms with E-state index in [1.807, 2.05) is 42.5 Å². The Labute approximate surface area is 148 Å². The first kappa shape index (κ1) is 17.2. The molecule has 0 saturated carbocycles. The summed E-state index contributed by atoms with van der Waals surface area (Å²) in [5.74, 6) is -1.06. The monoisotopic (exact) mass is 336 g/mol. The number of rotatable bonds is 1. The van der Waals surface area contributed by atoms with Crippen molar-refractivity contribution < 1.29 is 9.59 Å². The Bertz CT molecular complexity index is 788. The van der Waals surface area contributed by atoms with Gasteiger partial charge in [-0.2, -0.15) is 0 Å². The minimum atomic E-state index is -0.581. The van der Waals surface area contributed by atoms with Gasteiger partial charge in [-0.3, -0.25) is 9.59 Å². The first-order valence-corrected chi connectivity index (χ1v) is 8.62. The molecular weight excluding hydrogens is 312 g/mol. The van der Waals surface area contributed by atoms with Gasteiger partial charge in [0.1, 0.15) is 0 Å². The van der Waals surface area contributed by atoms with Crippen molar-refractivity contribution in [3.8, 4) is 0 Å². The third-order valence-electron chi connectivity index (χ3n) is 4.62. The van der Waals surface area contributed by atoms with Crippen LogP contribution in [0.15, 0.2) is 48.5 Å². The molecule has 0 saturated heterocycles. The van der Waals surface area contributed by atoms with Gasteiger partial charge in [0, 0.05) is 18.8 Å². The number of carbonyl (C=O) groups is 2. The van der Waals surface area contributed by atoms with Crippen LogP contribution in [-0.4, -0.2) is 23.3 Å². The van der Waals surface area contributed by atoms with Crippen LogP contribution in [0.4, 0.5) is 5.69 Å².